The lowest BCUT2D eigenvalue weighted by Gasteiger charge is -2.22. The molecule has 0 aliphatic carbocycles. The van der Waals surface area contributed by atoms with Crippen LogP contribution in [0.2, 0.25) is 0 Å². The van der Waals surface area contributed by atoms with E-state index in [1.165, 1.54) is 0 Å². The number of nitrogens with one attached hydrogen (secondary N) is 3. The molecule has 3 aromatic carbocycles. The predicted octanol–water partition coefficient (Wildman–Crippen LogP) is 5.02. The first-order valence-corrected chi connectivity index (χ1v) is 11.3. The van der Waals surface area contributed by atoms with Gasteiger partial charge < -0.3 is 20.4 Å². The molecule has 0 spiro atoms. The summed E-state index contributed by atoms with van der Waals surface area (Å²) in [5.41, 5.74) is 3.62. The number of amides is 2. The molecule has 4 aromatic rings. The van der Waals surface area contributed by atoms with E-state index in [0.717, 1.165) is 16.6 Å². The van der Waals surface area contributed by atoms with Crippen LogP contribution in [0, 0.1) is 5.92 Å². The Balaban J connectivity index is 1.52. The molecule has 0 bridgehead atoms. The normalized spacial score (nSPS) is 11.9. The van der Waals surface area contributed by atoms with Crippen molar-refractivity contribution in [2.75, 3.05) is 11.9 Å². The van der Waals surface area contributed by atoms with Gasteiger partial charge in [0, 0.05) is 11.1 Å². The number of anilines is 1. The average molecular weight is 457 g/mol. The molecule has 0 aliphatic rings. The molecule has 0 unspecified atom stereocenters. The smallest absolute Gasteiger partial charge is 0.251 e. The minimum Gasteiger partial charge on any atom is -0.494 e. The molecule has 174 valence electrons. The maximum atomic E-state index is 13.2. The van der Waals surface area contributed by atoms with Crippen LogP contribution in [-0.4, -0.2) is 34.4 Å². The molecule has 0 saturated carbocycles. The van der Waals surface area contributed by atoms with Crippen LogP contribution in [0.1, 0.15) is 31.1 Å². The van der Waals surface area contributed by atoms with E-state index in [-0.39, 0.29) is 17.7 Å². The topological polar surface area (TPSA) is 96.1 Å². The first-order chi connectivity index (χ1) is 16.5. The molecule has 1 atom stereocenters. The molecule has 2 amide bonds. The lowest BCUT2D eigenvalue weighted by atomic mass is 10.0. The van der Waals surface area contributed by atoms with Gasteiger partial charge in [-0.1, -0.05) is 38.1 Å². The van der Waals surface area contributed by atoms with Crippen molar-refractivity contribution in [2.24, 2.45) is 5.92 Å². The maximum Gasteiger partial charge on any atom is 0.251 e. The van der Waals surface area contributed by atoms with Crippen molar-refractivity contribution in [3.8, 4) is 17.1 Å². The Labute approximate surface area is 198 Å². The first-order valence-electron chi connectivity index (χ1n) is 11.3. The second-order valence-corrected chi connectivity index (χ2v) is 8.29. The van der Waals surface area contributed by atoms with Gasteiger partial charge in [0.25, 0.3) is 5.91 Å². The van der Waals surface area contributed by atoms with Crippen LogP contribution in [0.5, 0.6) is 5.75 Å². The lowest BCUT2D eigenvalue weighted by Crippen LogP contribution is -2.47. The largest absolute Gasteiger partial charge is 0.494 e. The SMILES string of the molecule is CCOc1ccc(C(=O)N[C@@H](C(=O)Nc2ccccc2-c2nc3ccccc3[nH]2)C(C)C)cc1. The van der Waals surface area contributed by atoms with Crippen molar-refractivity contribution in [3.05, 3.63) is 78.4 Å². The number of aromatic amines is 1. The number of hydrogen-bond acceptors (Lipinski definition) is 4. The maximum absolute atomic E-state index is 13.2. The summed E-state index contributed by atoms with van der Waals surface area (Å²) in [5, 5.41) is 5.85. The van der Waals surface area contributed by atoms with E-state index in [2.05, 4.69) is 20.6 Å². The van der Waals surface area contributed by atoms with Crippen LogP contribution in [0.25, 0.3) is 22.4 Å². The number of H-pyrrole nitrogens is 1. The number of nitrogens with zero attached hydrogens (tertiary/aromatic N) is 1. The quantitative estimate of drug-likeness (QED) is 0.347. The van der Waals surface area contributed by atoms with Crippen molar-refractivity contribution < 1.29 is 14.3 Å². The molecule has 0 fully saturated rings. The van der Waals surface area contributed by atoms with Gasteiger partial charge in [-0.05, 0) is 61.4 Å². The molecule has 7 heteroatoms. The van der Waals surface area contributed by atoms with E-state index in [1.54, 1.807) is 24.3 Å². The van der Waals surface area contributed by atoms with Gasteiger partial charge in [0.1, 0.15) is 17.6 Å². The van der Waals surface area contributed by atoms with Gasteiger partial charge in [0.15, 0.2) is 0 Å². The number of carbonyl (C=O) groups excluding carboxylic acids is 2. The third kappa shape index (κ3) is 5.09. The van der Waals surface area contributed by atoms with E-state index < -0.39 is 6.04 Å². The van der Waals surface area contributed by atoms with E-state index in [1.807, 2.05) is 69.3 Å². The van der Waals surface area contributed by atoms with E-state index in [0.29, 0.717) is 29.4 Å². The zero-order valence-electron chi connectivity index (χ0n) is 19.5. The Kier molecular flexibility index (Phi) is 6.92. The average Bonchev–Trinajstić information content (AvgIpc) is 3.27. The molecule has 1 heterocycles. The number of aromatic nitrogens is 2. The number of fused-ring (bicyclic) bond motifs is 1. The standard InChI is InChI=1S/C27H28N4O3/c1-4-34-19-15-13-18(14-16-19)26(32)31-24(17(2)3)27(33)30-21-10-6-5-9-20(21)25-28-22-11-7-8-12-23(22)29-25/h5-17,24H,4H2,1-3H3,(H,28,29)(H,30,33)(H,31,32)/t24-/m1/s1. The number of benzene rings is 3. The zero-order chi connectivity index (χ0) is 24.1. The van der Waals surface area contributed by atoms with Crippen molar-refractivity contribution in [3.63, 3.8) is 0 Å². The van der Waals surface area contributed by atoms with Gasteiger partial charge in [-0.3, -0.25) is 9.59 Å². The highest BCUT2D eigenvalue weighted by Gasteiger charge is 2.26. The fourth-order valence-corrected chi connectivity index (χ4v) is 3.72. The number of imidazole rings is 1. The molecular weight excluding hydrogens is 428 g/mol. The second kappa shape index (κ2) is 10.2. The van der Waals surface area contributed by atoms with Gasteiger partial charge >= 0.3 is 0 Å². The molecule has 1 aromatic heterocycles. The highest BCUT2D eigenvalue weighted by atomic mass is 16.5. The van der Waals surface area contributed by atoms with Gasteiger partial charge in [0.2, 0.25) is 5.91 Å². The number of ether oxygens (including phenoxy) is 1. The molecule has 4 rings (SSSR count). The fraction of sp³-hybridized carbons (Fsp3) is 0.222. The molecule has 3 N–H and O–H groups in total. The summed E-state index contributed by atoms with van der Waals surface area (Å²) in [5.74, 6) is 0.626. The minimum absolute atomic E-state index is 0.120. The molecule has 7 nitrogen and oxygen atoms in total. The van der Waals surface area contributed by atoms with Gasteiger partial charge in [-0.2, -0.15) is 0 Å². The van der Waals surface area contributed by atoms with Crippen LogP contribution in [0.3, 0.4) is 0 Å². The Morgan fingerprint density at radius 3 is 2.38 bits per heavy atom. The van der Waals surface area contributed by atoms with E-state index >= 15 is 0 Å². The van der Waals surface area contributed by atoms with Crippen molar-refractivity contribution in [1.82, 2.24) is 15.3 Å². The number of rotatable bonds is 8. The Hall–Kier alpha value is -4.13. The van der Waals surface area contributed by atoms with Crippen molar-refractivity contribution in [1.29, 1.82) is 0 Å². The van der Waals surface area contributed by atoms with Gasteiger partial charge in [-0.15, -0.1) is 0 Å². The summed E-state index contributed by atoms with van der Waals surface area (Å²) in [6.07, 6.45) is 0. The molecule has 0 aliphatic heterocycles. The second-order valence-electron chi connectivity index (χ2n) is 8.29. The van der Waals surface area contributed by atoms with Gasteiger partial charge in [0.05, 0.1) is 23.3 Å². The molecule has 0 saturated heterocycles. The predicted molar refractivity (Wildman–Crippen MR) is 134 cm³/mol. The summed E-state index contributed by atoms with van der Waals surface area (Å²) in [6, 6.07) is 21.4. The lowest BCUT2D eigenvalue weighted by molar-refractivity contribution is -0.118. The zero-order valence-corrected chi connectivity index (χ0v) is 19.5. The highest BCUT2D eigenvalue weighted by molar-refractivity contribution is 6.03. The Morgan fingerprint density at radius 2 is 1.68 bits per heavy atom. The Morgan fingerprint density at radius 1 is 0.971 bits per heavy atom. The molecular formula is C27H28N4O3. The highest BCUT2D eigenvalue weighted by Crippen LogP contribution is 2.28. The summed E-state index contributed by atoms with van der Waals surface area (Å²) < 4.78 is 5.43. The van der Waals surface area contributed by atoms with Crippen LogP contribution < -0.4 is 15.4 Å². The Bertz CT molecular complexity index is 1260. The molecule has 34 heavy (non-hydrogen) atoms. The van der Waals surface area contributed by atoms with Crippen LogP contribution in [-0.2, 0) is 4.79 Å². The summed E-state index contributed by atoms with van der Waals surface area (Å²) in [6.45, 7) is 6.25. The van der Waals surface area contributed by atoms with Crippen LogP contribution in [0.15, 0.2) is 72.8 Å². The van der Waals surface area contributed by atoms with E-state index in [4.69, 9.17) is 4.74 Å². The summed E-state index contributed by atoms with van der Waals surface area (Å²) in [7, 11) is 0. The van der Waals surface area contributed by atoms with Gasteiger partial charge in [-0.25, -0.2) is 4.98 Å². The monoisotopic (exact) mass is 456 g/mol. The first kappa shape index (κ1) is 23.0. The van der Waals surface area contributed by atoms with E-state index in [9.17, 15) is 9.59 Å². The molecule has 0 radical (unpaired) electrons. The number of hydrogen-bond donors (Lipinski definition) is 3. The number of carbonyl (C=O) groups is 2. The minimum atomic E-state index is -0.720. The van der Waals surface area contributed by atoms with Crippen molar-refractivity contribution >= 4 is 28.5 Å². The van der Waals surface area contributed by atoms with Crippen LogP contribution >= 0.6 is 0 Å². The third-order valence-electron chi connectivity index (χ3n) is 5.49. The fourth-order valence-electron chi connectivity index (χ4n) is 3.72. The van der Waals surface area contributed by atoms with Crippen molar-refractivity contribution in [2.45, 2.75) is 26.8 Å². The summed E-state index contributed by atoms with van der Waals surface area (Å²) >= 11 is 0. The number of para-hydroxylation sites is 3. The summed E-state index contributed by atoms with van der Waals surface area (Å²) in [4.78, 5) is 34.0. The van der Waals surface area contributed by atoms with Crippen LogP contribution in [0.4, 0.5) is 5.69 Å². The third-order valence-corrected chi connectivity index (χ3v) is 5.49.